The average Bonchev–Trinajstić information content (AvgIpc) is 2.96. The Labute approximate surface area is 107 Å². The van der Waals surface area contributed by atoms with Gasteiger partial charge < -0.3 is 9.47 Å². The highest BCUT2D eigenvalue weighted by molar-refractivity contribution is 5.87. The number of carbonyl (C=O) groups excluding carboxylic acids is 2. The molecule has 100 valence electrons. The molecule has 2 aliphatic carbocycles. The van der Waals surface area contributed by atoms with Gasteiger partial charge in [-0.2, -0.15) is 0 Å². The molecule has 0 aromatic carbocycles. The largest absolute Gasteiger partial charge is 0.458 e. The standard InChI is InChI=1S/C12H14O4.C2H6/c1-5(2)11(13)15-9-6-3-7-8(4-6)12(14)16-10(7)9;1-2/h6-10H,1,3-4H2,2H3;1-2H3. The van der Waals surface area contributed by atoms with E-state index in [1.165, 1.54) is 0 Å². The van der Waals surface area contributed by atoms with Crippen LogP contribution in [-0.2, 0) is 19.1 Å². The topological polar surface area (TPSA) is 52.6 Å². The van der Waals surface area contributed by atoms with Crippen molar-refractivity contribution < 1.29 is 19.1 Å². The lowest BCUT2D eigenvalue weighted by Gasteiger charge is -2.25. The SMILES string of the molecule is C=C(C)C(=O)OC1C2CC3C(=O)OC1C3C2.CC. The summed E-state index contributed by atoms with van der Waals surface area (Å²) in [4.78, 5) is 22.9. The Hall–Kier alpha value is -1.32. The molecule has 0 N–H and O–H groups in total. The van der Waals surface area contributed by atoms with Crippen LogP contribution in [0.2, 0.25) is 0 Å². The van der Waals surface area contributed by atoms with Gasteiger partial charge in [0.15, 0.2) is 0 Å². The van der Waals surface area contributed by atoms with Crippen molar-refractivity contribution in [3.63, 3.8) is 0 Å². The maximum absolute atomic E-state index is 11.5. The van der Waals surface area contributed by atoms with E-state index in [0.29, 0.717) is 11.5 Å². The van der Waals surface area contributed by atoms with Crippen LogP contribution in [0.25, 0.3) is 0 Å². The molecule has 5 unspecified atom stereocenters. The Morgan fingerprint density at radius 1 is 1.39 bits per heavy atom. The van der Waals surface area contributed by atoms with Crippen molar-refractivity contribution in [2.45, 2.75) is 45.8 Å². The van der Waals surface area contributed by atoms with Crippen molar-refractivity contribution in [3.05, 3.63) is 12.2 Å². The van der Waals surface area contributed by atoms with Crippen LogP contribution in [-0.4, -0.2) is 24.1 Å². The third-order valence-electron chi connectivity index (χ3n) is 4.01. The molecule has 0 aromatic rings. The van der Waals surface area contributed by atoms with Crippen LogP contribution in [0.4, 0.5) is 0 Å². The van der Waals surface area contributed by atoms with Crippen molar-refractivity contribution in [2.75, 3.05) is 0 Å². The number of hydrogen-bond donors (Lipinski definition) is 0. The van der Waals surface area contributed by atoms with E-state index in [9.17, 15) is 9.59 Å². The van der Waals surface area contributed by atoms with E-state index in [2.05, 4.69) is 6.58 Å². The zero-order chi connectivity index (χ0) is 13.4. The molecule has 5 atom stereocenters. The maximum Gasteiger partial charge on any atom is 0.333 e. The third kappa shape index (κ3) is 1.84. The molecule has 3 aliphatic rings. The van der Waals surface area contributed by atoms with Gasteiger partial charge in [-0.1, -0.05) is 20.4 Å². The van der Waals surface area contributed by atoms with Gasteiger partial charge in [0.2, 0.25) is 0 Å². The van der Waals surface area contributed by atoms with Crippen molar-refractivity contribution in [1.82, 2.24) is 0 Å². The molecule has 0 aromatic heterocycles. The average molecular weight is 252 g/mol. The predicted molar refractivity (Wildman–Crippen MR) is 65.6 cm³/mol. The fourth-order valence-electron chi connectivity index (χ4n) is 3.29. The Morgan fingerprint density at radius 3 is 2.67 bits per heavy atom. The van der Waals surface area contributed by atoms with Crippen molar-refractivity contribution >= 4 is 11.9 Å². The van der Waals surface area contributed by atoms with E-state index < -0.39 is 0 Å². The monoisotopic (exact) mass is 252 g/mol. The molecule has 2 saturated carbocycles. The van der Waals surface area contributed by atoms with Gasteiger partial charge in [0.1, 0.15) is 12.2 Å². The normalized spacial score (nSPS) is 38.8. The summed E-state index contributed by atoms with van der Waals surface area (Å²) in [6, 6.07) is 0. The summed E-state index contributed by atoms with van der Waals surface area (Å²) < 4.78 is 10.7. The molecule has 0 spiro atoms. The smallest absolute Gasteiger partial charge is 0.333 e. The molecular weight excluding hydrogens is 232 g/mol. The highest BCUT2D eigenvalue weighted by atomic mass is 16.6. The minimum Gasteiger partial charge on any atom is -0.458 e. The number of fused-ring (bicyclic) bond motifs is 1. The molecular formula is C14H20O4. The molecule has 0 amide bonds. The van der Waals surface area contributed by atoms with Crippen molar-refractivity contribution in [3.8, 4) is 0 Å². The Bertz CT molecular complexity index is 387. The number of carbonyl (C=O) groups is 2. The van der Waals surface area contributed by atoms with Crippen LogP contribution in [0.15, 0.2) is 12.2 Å². The lowest BCUT2D eigenvalue weighted by molar-refractivity contribution is -0.158. The zero-order valence-corrected chi connectivity index (χ0v) is 11.1. The highest BCUT2D eigenvalue weighted by Gasteiger charge is 2.63. The highest BCUT2D eigenvalue weighted by Crippen LogP contribution is 2.55. The second-order valence-electron chi connectivity index (χ2n) is 5.05. The summed E-state index contributed by atoms with van der Waals surface area (Å²) >= 11 is 0. The molecule has 1 heterocycles. The molecule has 0 radical (unpaired) electrons. The summed E-state index contributed by atoms with van der Waals surface area (Å²) in [5.41, 5.74) is 0.392. The molecule has 3 rings (SSSR count). The van der Waals surface area contributed by atoms with Gasteiger partial charge in [-0.15, -0.1) is 0 Å². The van der Waals surface area contributed by atoms with E-state index in [1.54, 1.807) is 6.92 Å². The lowest BCUT2D eigenvalue weighted by Crippen LogP contribution is -2.36. The summed E-state index contributed by atoms with van der Waals surface area (Å²) in [6.07, 6.45) is 1.33. The zero-order valence-electron chi connectivity index (χ0n) is 11.1. The minimum absolute atomic E-state index is 0.0646. The second-order valence-corrected chi connectivity index (χ2v) is 5.05. The van der Waals surface area contributed by atoms with Crippen molar-refractivity contribution in [2.24, 2.45) is 17.8 Å². The van der Waals surface area contributed by atoms with E-state index in [0.717, 1.165) is 12.8 Å². The van der Waals surface area contributed by atoms with Gasteiger partial charge in [0.25, 0.3) is 0 Å². The van der Waals surface area contributed by atoms with E-state index >= 15 is 0 Å². The molecule has 4 heteroatoms. The van der Waals surface area contributed by atoms with Gasteiger partial charge in [-0.25, -0.2) is 4.79 Å². The predicted octanol–water partition coefficient (Wildman–Crippen LogP) is 2.08. The van der Waals surface area contributed by atoms with Gasteiger partial charge in [-0.3, -0.25) is 4.79 Å². The molecule has 1 aliphatic heterocycles. The number of hydrogen-bond acceptors (Lipinski definition) is 4. The fraction of sp³-hybridized carbons (Fsp3) is 0.714. The summed E-state index contributed by atoms with van der Waals surface area (Å²) in [6.45, 7) is 9.18. The first kappa shape index (κ1) is 13.1. The van der Waals surface area contributed by atoms with Crippen molar-refractivity contribution in [1.29, 1.82) is 0 Å². The molecule has 1 saturated heterocycles. The van der Waals surface area contributed by atoms with Crippen LogP contribution in [0.3, 0.4) is 0 Å². The summed E-state index contributed by atoms with van der Waals surface area (Å²) in [5, 5.41) is 0. The number of ether oxygens (including phenoxy) is 2. The van der Waals surface area contributed by atoms with E-state index in [4.69, 9.17) is 9.47 Å². The summed E-state index contributed by atoms with van der Waals surface area (Å²) in [5.74, 6) is 0.161. The maximum atomic E-state index is 11.5. The molecule has 18 heavy (non-hydrogen) atoms. The van der Waals surface area contributed by atoms with Crippen LogP contribution < -0.4 is 0 Å². The quantitative estimate of drug-likeness (QED) is 0.557. The lowest BCUT2D eigenvalue weighted by atomic mass is 9.88. The molecule has 2 bridgehead atoms. The van der Waals surface area contributed by atoms with Gasteiger partial charge in [0, 0.05) is 17.4 Å². The first-order valence-electron chi connectivity index (χ1n) is 6.65. The fourth-order valence-corrected chi connectivity index (χ4v) is 3.29. The number of rotatable bonds is 2. The number of esters is 2. The van der Waals surface area contributed by atoms with Gasteiger partial charge >= 0.3 is 11.9 Å². The Balaban J connectivity index is 0.000000574. The van der Waals surface area contributed by atoms with E-state index in [1.807, 2.05) is 13.8 Å². The van der Waals surface area contributed by atoms with Gasteiger partial charge in [-0.05, 0) is 19.8 Å². The van der Waals surface area contributed by atoms with E-state index in [-0.39, 0.29) is 36.0 Å². The Kier molecular flexibility index (Phi) is 3.46. The molecule has 4 nitrogen and oxygen atoms in total. The third-order valence-corrected chi connectivity index (χ3v) is 4.01. The second kappa shape index (κ2) is 4.75. The summed E-state index contributed by atoms with van der Waals surface area (Å²) in [7, 11) is 0. The first-order valence-corrected chi connectivity index (χ1v) is 6.65. The van der Waals surface area contributed by atoms with Crippen LogP contribution in [0.5, 0.6) is 0 Å². The molecule has 3 fully saturated rings. The van der Waals surface area contributed by atoms with Crippen LogP contribution in [0, 0.1) is 17.8 Å². The van der Waals surface area contributed by atoms with Gasteiger partial charge in [0.05, 0.1) is 5.92 Å². The van der Waals surface area contributed by atoms with Crippen LogP contribution >= 0.6 is 0 Å². The Morgan fingerprint density at radius 2 is 2.06 bits per heavy atom. The first-order chi connectivity index (χ1) is 8.58. The minimum atomic E-state index is -0.378. The van der Waals surface area contributed by atoms with Crippen LogP contribution in [0.1, 0.15) is 33.6 Å².